The fourth-order valence-electron chi connectivity index (χ4n) is 1.52. The summed E-state index contributed by atoms with van der Waals surface area (Å²) in [4.78, 5) is 10.5. The van der Waals surface area contributed by atoms with E-state index in [0.717, 1.165) is 10.9 Å². The van der Waals surface area contributed by atoms with Crippen LogP contribution in [0.2, 0.25) is 0 Å². The van der Waals surface area contributed by atoms with Crippen molar-refractivity contribution in [2.45, 2.75) is 24.7 Å². The van der Waals surface area contributed by atoms with Crippen LogP contribution in [0.1, 0.15) is 11.3 Å². The third kappa shape index (κ3) is 5.23. The minimum Gasteiger partial charge on any atom is -0.481 e. The van der Waals surface area contributed by atoms with Gasteiger partial charge in [-0.2, -0.15) is 18.3 Å². The first-order valence-corrected chi connectivity index (χ1v) is 8.63. The molecular formula is C10H13F3N2O4S2. The van der Waals surface area contributed by atoms with Gasteiger partial charge in [0.05, 0.1) is 23.1 Å². The second-order valence-electron chi connectivity index (χ2n) is 4.31. The predicted octanol–water partition coefficient (Wildman–Crippen LogP) is 1.43. The van der Waals surface area contributed by atoms with Crippen LogP contribution in [0.4, 0.5) is 13.2 Å². The van der Waals surface area contributed by atoms with E-state index in [9.17, 15) is 26.4 Å². The third-order valence-electron chi connectivity index (χ3n) is 2.41. The van der Waals surface area contributed by atoms with Crippen molar-refractivity contribution in [1.29, 1.82) is 0 Å². The Morgan fingerprint density at radius 3 is 2.43 bits per heavy atom. The molecule has 11 heteroatoms. The normalized spacial score (nSPS) is 12.6. The Labute approximate surface area is 123 Å². The zero-order valence-corrected chi connectivity index (χ0v) is 12.8. The monoisotopic (exact) mass is 346 g/mol. The molecule has 0 aliphatic rings. The van der Waals surface area contributed by atoms with Crippen LogP contribution in [0.15, 0.2) is 5.03 Å². The second kappa shape index (κ2) is 6.26. The highest BCUT2D eigenvalue weighted by atomic mass is 32.2. The van der Waals surface area contributed by atoms with Crippen LogP contribution < -0.4 is 0 Å². The lowest BCUT2D eigenvalue weighted by Gasteiger charge is -2.06. The zero-order valence-electron chi connectivity index (χ0n) is 11.1. The van der Waals surface area contributed by atoms with E-state index in [1.54, 1.807) is 0 Å². The summed E-state index contributed by atoms with van der Waals surface area (Å²) in [6.07, 6.45) is -3.73. The van der Waals surface area contributed by atoms with Crippen molar-refractivity contribution in [3.8, 4) is 0 Å². The molecule has 0 unspecified atom stereocenters. The minimum atomic E-state index is -4.68. The van der Waals surface area contributed by atoms with Crippen LogP contribution in [0.5, 0.6) is 0 Å². The maximum absolute atomic E-state index is 12.8. The second-order valence-corrected chi connectivity index (χ2v) is 7.54. The Balaban J connectivity index is 3.16. The Kier molecular flexibility index (Phi) is 5.31. The molecule has 0 amide bonds. The third-order valence-corrected chi connectivity index (χ3v) is 4.51. The molecule has 0 saturated carbocycles. The SMILES string of the molecule is Cc1c(C(F)(F)F)nn(CCS(C)(=O)=O)c1SCC(=O)O. The van der Waals surface area contributed by atoms with Crippen molar-refractivity contribution in [1.82, 2.24) is 9.78 Å². The van der Waals surface area contributed by atoms with Gasteiger partial charge in [0.25, 0.3) is 0 Å². The average molecular weight is 346 g/mol. The van der Waals surface area contributed by atoms with Crippen LogP contribution in [-0.2, 0) is 27.4 Å². The number of rotatable bonds is 6. The Morgan fingerprint density at radius 2 is 2.00 bits per heavy atom. The molecule has 120 valence electrons. The number of aromatic nitrogens is 2. The summed E-state index contributed by atoms with van der Waals surface area (Å²) in [5.74, 6) is -2.02. The summed E-state index contributed by atoms with van der Waals surface area (Å²) >= 11 is 0.675. The zero-order chi connectivity index (χ0) is 16.4. The molecule has 6 nitrogen and oxygen atoms in total. The number of carboxylic acid groups (broad SMARTS) is 1. The van der Waals surface area contributed by atoms with E-state index in [2.05, 4.69) is 5.10 Å². The fraction of sp³-hybridized carbons (Fsp3) is 0.600. The van der Waals surface area contributed by atoms with Crippen LogP contribution in [0.25, 0.3) is 0 Å². The van der Waals surface area contributed by atoms with E-state index in [0.29, 0.717) is 11.8 Å². The van der Waals surface area contributed by atoms with Crippen molar-refractivity contribution >= 4 is 27.6 Å². The molecule has 0 saturated heterocycles. The molecule has 1 heterocycles. The molecule has 0 bridgehead atoms. The Hall–Kier alpha value is -1.23. The maximum Gasteiger partial charge on any atom is 0.435 e. The van der Waals surface area contributed by atoms with Crippen molar-refractivity contribution in [3.05, 3.63) is 11.3 Å². The maximum atomic E-state index is 12.8. The number of aryl methyl sites for hydroxylation is 1. The number of alkyl halides is 3. The van der Waals surface area contributed by atoms with E-state index in [4.69, 9.17) is 5.11 Å². The highest BCUT2D eigenvalue weighted by Crippen LogP contribution is 2.35. The van der Waals surface area contributed by atoms with Crippen LogP contribution >= 0.6 is 11.8 Å². The molecule has 0 aromatic carbocycles. The van der Waals surface area contributed by atoms with Crippen molar-refractivity contribution in [3.63, 3.8) is 0 Å². The molecule has 0 atom stereocenters. The first-order chi connectivity index (χ1) is 9.42. The van der Waals surface area contributed by atoms with E-state index >= 15 is 0 Å². The summed E-state index contributed by atoms with van der Waals surface area (Å²) in [5, 5.41) is 12.0. The first kappa shape index (κ1) is 17.8. The lowest BCUT2D eigenvalue weighted by Crippen LogP contribution is -2.14. The van der Waals surface area contributed by atoms with Crippen molar-refractivity contribution in [2.75, 3.05) is 17.8 Å². The largest absolute Gasteiger partial charge is 0.481 e. The Bertz CT molecular complexity index is 637. The number of nitrogens with zero attached hydrogens (tertiary/aromatic N) is 2. The number of hydrogen-bond acceptors (Lipinski definition) is 5. The van der Waals surface area contributed by atoms with Crippen molar-refractivity contribution < 1.29 is 31.5 Å². The minimum absolute atomic E-state index is 0.00775. The van der Waals surface area contributed by atoms with Gasteiger partial charge in [0, 0.05) is 11.8 Å². The van der Waals surface area contributed by atoms with Gasteiger partial charge < -0.3 is 5.11 Å². The molecule has 0 spiro atoms. The molecular weight excluding hydrogens is 333 g/mol. The predicted molar refractivity (Wildman–Crippen MR) is 70.0 cm³/mol. The molecule has 1 N–H and O–H groups in total. The number of sulfone groups is 1. The number of carboxylic acids is 1. The summed E-state index contributed by atoms with van der Waals surface area (Å²) in [5.41, 5.74) is -1.34. The molecule has 1 aromatic heterocycles. The number of aliphatic carboxylic acids is 1. The number of hydrogen-bond donors (Lipinski definition) is 1. The molecule has 21 heavy (non-hydrogen) atoms. The van der Waals surface area contributed by atoms with Crippen LogP contribution in [0.3, 0.4) is 0 Å². The smallest absolute Gasteiger partial charge is 0.435 e. The van der Waals surface area contributed by atoms with E-state index in [-0.39, 0.29) is 22.9 Å². The summed E-state index contributed by atoms with van der Waals surface area (Å²) in [7, 11) is -3.38. The van der Waals surface area contributed by atoms with Gasteiger partial charge in [-0.1, -0.05) is 11.8 Å². The summed E-state index contributed by atoms with van der Waals surface area (Å²) in [6.45, 7) is 0.911. The van der Waals surface area contributed by atoms with Gasteiger partial charge >= 0.3 is 12.1 Å². The lowest BCUT2D eigenvalue weighted by atomic mass is 10.3. The van der Waals surface area contributed by atoms with Gasteiger partial charge in [-0.3, -0.25) is 9.48 Å². The van der Waals surface area contributed by atoms with Crippen LogP contribution in [0, 0.1) is 6.92 Å². The molecule has 0 fully saturated rings. The van der Waals surface area contributed by atoms with Gasteiger partial charge in [-0.15, -0.1) is 0 Å². The molecule has 1 rings (SSSR count). The number of thioether (sulfide) groups is 1. The topological polar surface area (TPSA) is 89.3 Å². The highest BCUT2D eigenvalue weighted by Gasteiger charge is 2.38. The van der Waals surface area contributed by atoms with Gasteiger partial charge in [-0.05, 0) is 6.92 Å². The quantitative estimate of drug-likeness (QED) is 0.784. The summed E-state index contributed by atoms with van der Waals surface area (Å²) in [6, 6.07) is 0. The van der Waals surface area contributed by atoms with E-state index in [1.165, 1.54) is 6.92 Å². The standard InChI is InChI=1S/C10H13F3N2O4S2/c1-6-8(10(11,12)13)14-15(3-4-21(2,18)19)9(6)20-5-7(16)17/h3-5H2,1-2H3,(H,16,17). The lowest BCUT2D eigenvalue weighted by molar-refractivity contribution is -0.142. The molecule has 1 aromatic rings. The molecule has 0 aliphatic carbocycles. The average Bonchev–Trinajstić information content (AvgIpc) is 2.59. The highest BCUT2D eigenvalue weighted by molar-refractivity contribution is 7.99. The molecule has 0 aliphatic heterocycles. The number of carbonyl (C=O) groups is 1. The fourth-order valence-corrected chi connectivity index (χ4v) is 2.88. The van der Waals surface area contributed by atoms with Gasteiger partial charge in [0.15, 0.2) is 5.69 Å². The number of halogens is 3. The van der Waals surface area contributed by atoms with Gasteiger partial charge in [0.2, 0.25) is 0 Å². The van der Waals surface area contributed by atoms with Gasteiger partial charge in [0.1, 0.15) is 9.84 Å². The van der Waals surface area contributed by atoms with Crippen LogP contribution in [-0.4, -0.2) is 47.0 Å². The van der Waals surface area contributed by atoms with Gasteiger partial charge in [-0.25, -0.2) is 8.42 Å². The Morgan fingerprint density at radius 1 is 1.43 bits per heavy atom. The van der Waals surface area contributed by atoms with E-state index in [1.807, 2.05) is 0 Å². The summed E-state index contributed by atoms with van der Waals surface area (Å²) < 4.78 is 61.5. The van der Waals surface area contributed by atoms with Crippen molar-refractivity contribution in [2.24, 2.45) is 0 Å². The first-order valence-electron chi connectivity index (χ1n) is 5.58. The molecule has 0 radical (unpaired) electrons. The van der Waals surface area contributed by atoms with E-state index < -0.39 is 33.4 Å².